The second-order valence-corrected chi connectivity index (χ2v) is 7.46. The first-order valence-corrected chi connectivity index (χ1v) is 7.80. The molecule has 1 saturated heterocycles. The number of rotatable bonds is 4. The maximum absolute atomic E-state index is 11.8. The van der Waals surface area contributed by atoms with E-state index in [1.165, 1.54) is 4.88 Å². The van der Waals surface area contributed by atoms with Gasteiger partial charge in [0.05, 0.1) is 18.1 Å². The zero-order valence-electron chi connectivity index (χ0n) is 12.6. The van der Waals surface area contributed by atoms with E-state index in [-0.39, 0.29) is 29.4 Å². The number of carbonyl (C=O) groups is 1. The van der Waals surface area contributed by atoms with Gasteiger partial charge in [-0.05, 0) is 34.1 Å². The number of hydrogen-bond acceptors (Lipinski definition) is 6. The van der Waals surface area contributed by atoms with Crippen molar-refractivity contribution in [1.82, 2.24) is 15.6 Å². The van der Waals surface area contributed by atoms with Crippen LogP contribution in [-0.4, -0.2) is 29.0 Å². The van der Waals surface area contributed by atoms with Crippen LogP contribution >= 0.6 is 11.3 Å². The average Bonchev–Trinajstić information content (AvgIpc) is 2.74. The summed E-state index contributed by atoms with van der Waals surface area (Å²) in [6.45, 7) is 8.32. The first-order valence-electron chi connectivity index (χ1n) is 6.99. The van der Waals surface area contributed by atoms with E-state index in [0.717, 1.165) is 11.4 Å². The number of carbonyl (C=O) groups excluding carboxylic acids is 1. The predicted octanol–water partition coefficient (Wildman–Crippen LogP) is 1.34. The van der Waals surface area contributed by atoms with Crippen molar-refractivity contribution in [3.63, 3.8) is 0 Å². The van der Waals surface area contributed by atoms with Gasteiger partial charge in [0.2, 0.25) is 0 Å². The third-order valence-corrected chi connectivity index (χ3v) is 4.78. The number of aryl methyl sites for hydroxylation is 1. The molecular weight excluding hydrogens is 272 g/mol. The minimum atomic E-state index is -0.210. The molecule has 112 valence electrons. The molecule has 6 heteroatoms. The molecule has 0 saturated carbocycles. The molecular formula is C14H24N4OS. The van der Waals surface area contributed by atoms with E-state index in [1.54, 1.807) is 18.3 Å². The normalized spacial score (nSPS) is 27.2. The van der Waals surface area contributed by atoms with Crippen molar-refractivity contribution in [2.24, 2.45) is 11.7 Å². The lowest BCUT2D eigenvalue weighted by Gasteiger charge is -2.44. The van der Waals surface area contributed by atoms with Gasteiger partial charge in [-0.2, -0.15) is 0 Å². The molecule has 0 spiro atoms. The Balaban J connectivity index is 2.21. The standard InChI is InChI=1S/C14H24N4OS/c1-8-7-16-13(20-8)11-5-14(3,4)18-12(17-11)10(6-15)9(2)19/h7,10-12,17-18H,5-6,15H2,1-4H3. The number of Topliss-reactive ketones (excluding diaryl/α,β-unsaturated/α-hetero) is 1. The van der Waals surface area contributed by atoms with Crippen LogP contribution in [0.2, 0.25) is 0 Å². The van der Waals surface area contributed by atoms with E-state index in [9.17, 15) is 4.79 Å². The van der Waals surface area contributed by atoms with Crippen LogP contribution in [0, 0.1) is 12.8 Å². The number of hydrogen-bond donors (Lipinski definition) is 3. The van der Waals surface area contributed by atoms with Crippen LogP contribution in [0.1, 0.15) is 43.1 Å². The molecule has 0 bridgehead atoms. The van der Waals surface area contributed by atoms with E-state index in [1.807, 2.05) is 6.20 Å². The zero-order chi connectivity index (χ0) is 14.9. The Morgan fingerprint density at radius 3 is 2.85 bits per heavy atom. The van der Waals surface area contributed by atoms with Crippen LogP contribution in [-0.2, 0) is 4.79 Å². The van der Waals surface area contributed by atoms with Crippen molar-refractivity contribution >= 4 is 17.1 Å². The second-order valence-electron chi connectivity index (χ2n) is 6.19. The molecule has 2 heterocycles. The summed E-state index contributed by atoms with van der Waals surface area (Å²) in [5.74, 6) is -0.0950. The largest absolute Gasteiger partial charge is 0.330 e. The fourth-order valence-corrected chi connectivity index (χ4v) is 3.59. The summed E-state index contributed by atoms with van der Waals surface area (Å²) >= 11 is 1.71. The van der Waals surface area contributed by atoms with Gasteiger partial charge in [0, 0.05) is 23.2 Å². The van der Waals surface area contributed by atoms with Crippen LogP contribution < -0.4 is 16.4 Å². The van der Waals surface area contributed by atoms with Gasteiger partial charge in [-0.1, -0.05) is 0 Å². The lowest BCUT2D eigenvalue weighted by molar-refractivity contribution is -0.122. The molecule has 1 aliphatic rings. The molecule has 0 aliphatic carbocycles. The van der Waals surface area contributed by atoms with Gasteiger partial charge in [0.15, 0.2) is 0 Å². The summed E-state index contributed by atoms with van der Waals surface area (Å²) in [4.78, 5) is 17.4. The third kappa shape index (κ3) is 3.44. The Labute approximate surface area is 124 Å². The quantitative estimate of drug-likeness (QED) is 0.781. The highest BCUT2D eigenvalue weighted by molar-refractivity contribution is 7.11. The number of aromatic nitrogens is 1. The van der Waals surface area contributed by atoms with Crippen LogP contribution in [0.5, 0.6) is 0 Å². The molecule has 2 rings (SSSR count). The van der Waals surface area contributed by atoms with Crippen molar-refractivity contribution in [2.75, 3.05) is 6.54 Å². The summed E-state index contributed by atoms with van der Waals surface area (Å²) in [6, 6.07) is 0.170. The molecule has 3 atom stereocenters. The van der Waals surface area contributed by atoms with Gasteiger partial charge >= 0.3 is 0 Å². The summed E-state index contributed by atoms with van der Waals surface area (Å²) in [5, 5.41) is 8.09. The summed E-state index contributed by atoms with van der Waals surface area (Å²) in [5.41, 5.74) is 5.71. The van der Waals surface area contributed by atoms with Gasteiger partial charge in [0.1, 0.15) is 10.8 Å². The van der Waals surface area contributed by atoms with Crippen molar-refractivity contribution < 1.29 is 4.79 Å². The van der Waals surface area contributed by atoms with E-state index in [0.29, 0.717) is 6.54 Å². The van der Waals surface area contributed by atoms with E-state index in [2.05, 4.69) is 36.4 Å². The molecule has 5 nitrogen and oxygen atoms in total. The number of nitrogens with one attached hydrogen (secondary N) is 2. The topological polar surface area (TPSA) is 80.0 Å². The van der Waals surface area contributed by atoms with Crippen LogP contribution in [0.4, 0.5) is 0 Å². The number of nitrogens with two attached hydrogens (primary N) is 1. The van der Waals surface area contributed by atoms with Crippen molar-refractivity contribution in [1.29, 1.82) is 0 Å². The molecule has 0 aromatic carbocycles. The molecule has 3 unspecified atom stereocenters. The molecule has 1 fully saturated rings. The predicted molar refractivity (Wildman–Crippen MR) is 81.6 cm³/mol. The fourth-order valence-electron chi connectivity index (χ4n) is 2.75. The summed E-state index contributed by atoms with van der Waals surface area (Å²) in [7, 11) is 0. The average molecular weight is 296 g/mol. The Bertz CT molecular complexity index is 485. The third-order valence-electron chi connectivity index (χ3n) is 3.76. The molecule has 4 N–H and O–H groups in total. The monoisotopic (exact) mass is 296 g/mol. The first-order chi connectivity index (χ1) is 9.32. The Morgan fingerprint density at radius 1 is 1.65 bits per heavy atom. The van der Waals surface area contributed by atoms with Crippen LogP contribution in [0.25, 0.3) is 0 Å². The first kappa shape index (κ1) is 15.6. The highest BCUT2D eigenvalue weighted by atomic mass is 32.1. The number of thiazole rings is 1. The Kier molecular flexibility index (Phi) is 4.59. The molecule has 20 heavy (non-hydrogen) atoms. The lowest BCUT2D eigenvalue weighted by Crippen LogP contribution is -2.64. The number of nitrogens with zero attached hydrogens (tertiary/aromatic N) is 1. The summed E-state index contributed by atoms with van der Waals surface area (Å²) < 4.78 is 0. The molecule has 1 aromatic rings. The van der Waals surface area contributed by atoms with Crippen LogP contribution in [0.15, 0.2) is 6.20 Å². The van der Waals surface area contributed by atoms with Gasteiger partial charge in [0.25, 0.3) is 0 Å². The van der Waals surface area contributed by atoms with Gasteiger partial charge in [-0.15, -0.1) is 11.3 Å². The van der Waals surface area contributed by atoms with Gasteiger partial charge < -0.3 is 5.73 Å². The van der Waals surface area contributed by atoms with E-state index >= 15 is 0 Å². The SMILES string of the molecule is CC(=O)C(CN)C1NC(c2ncc(C)s2)CC(C)(C)N1. The van der Waals surface area contributed by atoms with Gasteiger partial charge in [-0.25, -0.2) is 4.98 Å². The second kappa shape index (κ2) is 5.89. The lowest BCUT2D eigenvalue weighted by atomic mass is 9.88. The van der Waals surface area contributed by atoms with E-state index < -0.39 is 0 Å². The maximum Gasteiger partial charge on any atom is 0.137 e. The Hall–Kier alpha value is -0.820. The van der Waals surface area contributed by atoms with Crippen molar-refractivity contribution in [2.45, 2.75) is 51.9 Å². The van der Waals surface area contributed by atoms with Crippen molar-refractivity contribution in [3.05, 3.63) is 16.1 Å². The fraction of sp³-hybridized carbons (Fsp3) is 0.714. The van der Waals surface area contributed by atoms with E-state index in [4.69, 9.17) is 5.73 Å². The zero-order valence-corrected chi connectivity index (χ0v) is 13.4. The summed E-state index contributed by atoms with van der Waals surface area (Å²) in [6.07, 6.45) is 2.73. The van der Waals surface area contributed by atoms with Gasteiger partial charge in [-0.3, -0.25) is 15.4 Å². The minimum Gasteiger partial charge on any atom is -0.330 e. The number of ketones is 1. The van der Waals surface area contributed by atoms with Crippen LogP contribution in [0.3, 0.4) is 0 Å². The molecule has 0 amide bonds. The highest BCUT2D eigenvalue weighted by Gasteiger charge is 2.38. The molecule has 1 aromatic heterocycles. The Morgan fingerprint density at radius 2 is 2.35 bits per heavy atom. The maximum atomic E-state index is 11.8. The molecule has 0 radical (unpaired) electrons. The minimum absolute atomic E-state index is 0.0526. The highest BCUT2D eigenvalue weighted by Crippen LogP contribution is 2.31. The smallest absolute Gasteiger partial charge is 0.137 e. The van der Waals surface area contributed by atoms with Crippen molar-refractivity contribution in [3.8, 4) is 0 Å². The molecule has 1 aliphatic heterocycles.